The molecule has 2 heterocycles. The molecule has 0 bridgehead atoms. The highest BCUT2D eigenvalue weighted by Gasteiger charge is 2.19. The van der Waals surface area contributed by atoms with Crippen molar-refractivity contribution in [3.63, 3.8) is 0 Å². The van der Waals surface area contributed by atoms with Crippen LogP contribution in [0.15, 0.2) is 30.5 Å². The zero-order valence-corrected chi connectivity index (χ0v) is 15.3. The molecule has 8 heteroatoms. The molecule has 0 aliphatic heterocycles. The van der Waals surface area contributed by atoms with Crippen LogP contribution in [-0.2, 0) is 7.05 Å². The van der Waals surface area contributed by atoms with Gasteiger partial charge in [-0.1, -0.05) is 25.3 Å². The summed E-state index contributed by atoms with van der Waals surface area (Å²) in [7, 11) is 1.99. The lowest BCUT2D eigenvalue weighted by molar-refractivity contribution is 0.0995. The first-order chi connectivity index (χ1) is 13.1. The molecule has 2 aromatic heterocycles. The van der Waals surface area contributed by atoms with Crippen molar-refractivity contribution >= 4 is 34.3 Å². The zero-order valence-electron chi connectivity index (χ0n) is 15.3. The molecule has 1 aliphatic carbocycles. The van der Waals surface area contributed by atoms with E-state index >= 15 is 0 Å². The lowest BCUT2D eigenvalue weighted by atomic mass is 9.96. The standard InChI is InChI=1S/C19H23N7O/c1-26-11-10-13-14(8-5-9-15(13)26)22-18-16(17(20)27)24-25-19(23-18)21-12-6-3-2-4-7-12/h5,8-12H,2-4,6-7H2,1H3,(H2,20,27)(H2,21,22,23,25). The second kappa shape index (κ2) is 7.22. The third-order valence-corrected chi connectivity index (χ3v) is 5.04. The Hall–Kier alpha value is -3.16. The largest absolute Gasteiger partial charge is 0.364 e. The van der Waals surface area contributed by atoms with Crippen molar-refractivity contribution in [2.45, 2.75) is 38.1 Å². The number of nitrogens with two attached hydrogens (primary N) is 1. The Morgan fingerprint density at radius 1 is 1.19 bits per heavy atom. The number of nitrogens with one attached hydrogen (secondary N) is 2. The van der Waals surface area contributed by atoms with Crippen LogP contribution in [0, 0.1) is 0 Å². The molecule has 0 spiro atoms. The number of fused-ring (bicyclic) bond motifs is 1. The van der Waals surface area contributed by atoms with Crippen LogP contribution >= 0.6 is 0 Å². The highest BCUT2D eigenvalue weighted by molar-refractivity contribution is 5.99. The van der Waals surface area contributed by atoms with Gasteiger partial charge in [-0.3, -0.25) is 4.79 Å². The fourth-order valence-corrected chi connectivity index (χ4v) is 3.61. The van der Waals surface area contributed by atoms with Crippen molar-refractivity contribution in [3.05, 3.63) is 36.2 Å². The minimum absolute atomic E-state index is 0.0251. The number of rotatable bonds is 5. The van der Waals surface area contributed by atoms with Crippen molar-refractivity contribution < 1.29 is 4.79 Å². The van der Waals surface area contributed by atoms with Crippen molar-refractivity contribution in [2.24, 2.45) is 12.8 Å². The monoisotopic (exact) mass is 365 g/mol. The number of primary amides is 1. The maximum absolute atomic E-state index is 11.8. The highest BCUT2D eigenvalue weighted by atomic mass is 16.1. The molecule has 0 atom stereocenters. The van der Waals surface area contributed by atoms with Gasteiger partial charge < -0.3 is 20.9 Å². The fraction of sp³-hybridized carbons (Fsp3) is 0.368. The minimum atomic E-state index is -0.665. The van der Waals surface area contributed by atoms with E-state index in [-0.39, 0.29) is 5.69 Å². The normalized spacial score (nSPS) is 15.0. The number of carbonyl (C=O) groups excluding carboxylic acids is 1. The summed E-state index contributed by atoms with van der Waals surface area (Å²) in [6, 6.07) is 8.26. The molecule has 3 aromatic rings. The Kier molecular flexibility index (Phi) is 4.62. The summed E-state index contributed by atoms with van der Waals surface area (Å²) >= 11 is 0. The first-order valence-corrected chi connectivity index (χ1v) is 9.24. The molecule has 4 rings (SSSR count). The summed E-state index contributed by atoms with van der Waals surface area (Å²) in [5, 5.41) is 15.6. The second-order valence-corrected chi connectivity index (χ2v) is 6.97. The molecule has 4 N–H and O–H groups in total. The molecule has 8 nitrogen and oxygen atoms in total. The number of carbonyl (C=O) groups is 1. The van der Waals surface area contributed by atoms with Crippen LogP contribution in [0.1, 0.15) is 42.6 Å². The van der Waals surface area contributed by atoms with Crippen LogP contribution in [0.4, 0.5) is 17.5 Å². The maximum atomic E-state index is 11.8. The van der Waals surface area contributed by atoms with E-state index in [0.29, 0.717) is 17.8 Å². The number of hydrogen-bond acceptors (Lipinski definition) is 6. The molecule has 0 saturated heterocycles. The van der Waals surface area contributed by atoms with Gasteiger partial charge in [-0.2, -0.15) is 4.98 Å². The molecule has 1 aliphatic rings. The first kappa shape index (κ1) is 17.3. The van der Waals surface area contributed by atoms with E-state index in [9.17, 15) is 4.79 Å². The summed E-state index contributed by atoms with van der Waals surface area (Å²) in [6.45, 7) is 0. The highest BCUT2D eigenvalue weighted by Crippen LogP contribution is 2.28. The molecular formula is C19H23N7O. The van der Waals surface area contributed by atoms with E-state index in [2.05, 4.69) is 25.8 Å². The third-order valence-electron chi connectivity index (χ3n) is 5.04. The van der Waals surface area contributed by atoms with Crippen molar-refractivity contribution in [2.75, 3.05) is 10.6 Å². The number of nitrogens with zero attached hydrogens (tertiary/aromatic N) is 4. The van der Waals surface area contributed by atoms with Crippen LogP contribution in [0.5, 0.6) is 0 Å². The molecule has 27 heavy (non-hydrogen) atoms. The Morgan fingerprint density at radius 3 is 2.78 bits per heavy atom. The average molecular weight is 365 g/mol. The zero-order chi connectivity index (χ0) is 18.8. The molecule has 1 fully saturated rings. The quantitative estimate of drug-likeness (QED) is 0.641. The molecular weight excluding hydrogens is 342 g/mol. The van der Waals surface area contributed by atoms with Gasteiger partial charge in [0.05, 0.1) is 0 Å². The molecule has 140 valence electrons. The SMILES string of the molecule is Cn1ccc2c(Nc3nc(NC4CCCCC4)nnc3C(N)=O)cccc21. The van der Waals surface area contributed by atoms with Crippen LogP contribution in [-0.4, -0.2) is 31.7 Å². The number of aromatic nitrogens is 4. The smallest absolute Gasteiger partial charge is 0.273 e. The summed E-state index contributed by atoms with van der Waals surface area (Å²) in [4.78, 5) is 16.3. The second-order valence-electron chi connectivity index (χ2n) is 6.97. The topological polar surface area (TPSA) is 111 Å². The van der Waals surface area contributed by atoms with Crippen LogP contribution in [0.2, 0.25) is 0 Å². The van der Waals surface area contributed by atoms with Crippen LogP contribution in [0.3, 0.4) is 0 Å². The Bertz CT molecular complexity index is 975. The average Bonchev–Trinajstić information content (AvgIpc) is 3.05. The van der Waals surface area contributed by atoms with Gasteiger partial charge in [-0.15, -0.1) is 10.2 Å². The predicted octanol–water partition coefficient (Wildman–Crippen LogP) is 2.95. The third kappa shape index (κ3) is 3.55. The molecule has 1 amide bonds. The lowest BCUT2D eigenvalue weighted by Gasteiger charge is -2.22. The number of benzene rings is 1. The van der Waals surface area contributed by atoms with Crippen molar-refractivity contribution in [3.8, 4) is 0 Å². The van der Waals surface area contributed by atoms with Gasteiger partial charge in [0, 0.05) is 35.9 Å². The summed E-state index contributed by atoms with van der Waals surface area (Å²) in [5.74, 6) is 0.0590. The summed E-state index contributed by atoms with van der Waals surface area (Å²) < 4.78 is 2.03. The number of amides is 1. The van der Waals surface area contributed by atoms with Gasteiger partial charge >= 0.3 is 0 Å². The maximum Gasteiger partial charge on any atom is 0.273 e. The number of anilines is 3. The Balaban J connectivity index is 1.66. The Labute approximate surface area is 157 Å². The molecule has 0 radical (unpaired) electrons. The van der Waals surface area contributed by atoms with E-state index in [1.54, 1.807) is 0 Å². The molecule has 0 unspecified atom stereocenters. The van der Waals surface area contributed by atoms with E-state index in [1.165, 1.54) is 19.3 Å². The van der Waals surface area contributed by atoms with E-state index in [4.69, 9.17) is 5.73 Å². The summed E-state index contributed by atoms with van der Waals surface area (Å²) in [5.41, 5.74) is 7.40. The number of hydrogen-bond donors (Lipinski definition) is 3. The van der Waals surface area contributed by atoms with Crippen molar-refractivity contribution in [1.29, 1.82) is 0 Å². The minimum Gasteiger partial charge on any atom is -0.364 e. The van der Waals surface area contributed by atoms with Crippen LogP contribution in [0.25, 0.3) is 10.9 Å². The number of aryl methyl sites for hydroxylation is 1. The van der Waals surface area contributed by atoms with Crippen LogP contribution < -0.4 is 16.4 Å². The molecule has 1 aromatic carbocycles. The first-order valence-electron chi connectivity index (χ1n) is 9.24. The van der Waals surface area contributed by atoms with Gasteiger partial charge in [0.25, 0.3) is 5.91 Å². The van der Waals surface area contributed by atoms with Gasteiger partial charge in [0.1, 0.15) is 0 Å². The van der Waals surface area contributed by atoms with E-state index in [1.807, 2.05) is 42.1 Å². The van der Waals surface area contributed by atoms with Gasteiger partial charge in [0.15, 0.2) is 11.5 Å². The Morgan fingerprint density at radius 2 is 2.00 bits per heavy atom. The molecule has 1 saturated carbocycles. The van der Waals surface area contributed by atoms with Crippen molar-refractivity contribution in [1.82, 2.24) is 19.7 Å². The van der Waals surface area contributed by atoms with Gasteiger partial charge in [-0.25, -0.2) is 0 Å². The fourth-order valence-electron chi connectivity index (χ4n) is 3.61. The predicted molar refractivity (Wildman–Crippen MR) is 105 cm³/mol. The van der Waals surface area contributed by atoms with E-state index < -0.39 is 5.91 Å². The summed E-state index contributed by atoms with van der Waals surface area (Å²) in [6.07, 6.45) is 7.84. The van der Waals surface area contributed by atoms with Gasteiger partial charge in [0.2, 0.25) is 5.95 Å². The van der Waals surface area contributed by atoms with E-state index in [0.717, 1.165) is 29.4 Å². The lowest BCUT2D eigenvalue weighted by Crippen LogP contribution is -2.25. The van der Waals surface area contributed by atoms with Gasteiger partial charge in [-0.05, 0) is 31.0 Å².